The van der Waals surface area contributed by atoms with Gasteiger partial charge in [-0.05, 0) is 37.7 Å². The summed E-state index contributed by atoms with van der Waals surface area (Å²) in [6, 6.07) is 4.50. The van der Waals surface area contributed by atoms with Crippen molar-refractivity contribution < 1.29 is 29.1 Å². The summed E-state index contributed by atoms with van der Waals surface area (Å²) >= 11 is 0. The quantitative estimate of drug-likeness (QED) is 0.0760. The molecule has 1 saturated heterocycles. The van der Waals surface area contributed by atoms with Gasteiger partial charge in [0.2, 0.25) is 23.6 Å². The number of nitrogens with two attached hydrogens (primary N) is 4. The minimum absolute atomic E-state index is 0.0886. The second-order valence-corrected chi connectivity index (χ2v) is 9.07. The molecule has 0 bridgehead atoms. The minimum Gasteiger partial charge on any atom is -0.480 e. The third-order valence-electron chi connectivity index (χ3n) is 6.05. The van der Waals surface area contributed by atoms with Gasteiger partial charge < -0.3 is 43.6 Å². The number of aliphatic imine (C=N–C) groups is 1. The molecule has 208 valence electrons. The Morgan fingerprint density at radius 1 is 1.03 bits per heavy atom. The van der Waals surface area contributed by atoms with E-state index in [9.17, 15) is 29.1 Å². The highest BCUT2D eigenvalue weighted by Gasteiger charge is 2.39. The van der Waals surface area contributed by atoms with Crippen molar-refractivity contribution in [3.8, 4) is 0 Å². The number of primary amides is 1. The van der Waals surface area contributed by atoms with Gasteiger partial charge in [-0.15, -0.1) is 0 Å². The molecule has 14 nitrogen and oxygen atoms in total. The van der Waals surface area contributed by atoms with E-state index in [1.165, 1.54) is 0 Å². The second-order valence-electron chi connectivity index (χ2n) is 9.07. The molecule has 1 aliphatic rings. The predicted molar refractivity (Wildman–Crippen MR) is 138 cm³/mol. The standard InChI is InChI=1S/C24H36N8O6/c25-15(12-14-6-2-1-3-7-14)20(34)30-16(8-4-10-29-24(27)28)21(35)31-17(13-19(26)33)22(36)32-11-5-9-18(32)23(37)38/h1-3,6-7,15-18H,4-5,8-13,25H2,(H2,26,33)(H,30,34)(H,31,35)(H,37,38)(H4,27,28,29). The molecule has 38 heavy (non-hydrogen) atoms. The van der Waals surface area contributed by atoms with Gasteiger partial charge in [0.25, 0.3) is 0 Å². The average molecular weight is 533 g/mol. The van der Waals surface area contributed by atoms with E-state index in [2.05, 4.69) is 15.6 Å². The van der Waals surface area contributed by atoms with Crippen molar-refractivity contribution in [1.29, 1.82) is 0 Å². The number of carbonyl (C=O) groups is 5. The minimum atomic E-state index is -1.41. The van der Waals surface area contributed by atoms with Crippen LogP contribution in [0.5, 0.6) is 0 Å². The van der Waals surface area contributed by atoms with Gasteiger partial charge in [0.05, 0.1) is 12.5 Å². The molecule has 1 heterocycles. The SMILES string of the molecule is NC(=O)CC(NC(=O)C(CCCN=C(N)N)NC(=O)C(N)Cc1ccccc1)C(=O)N1CCCC1C(=O)O. The Morgan fingerprint density at radius 2 is 1.68 bits per heavy atom. The first kappa shape index (κ1) is 30.0. The summed E-state index contributed by atoms with van der Waals surface area (Å²) in [5.41, 5.74) is 22.9. The zero-order chi connectivity index (χ0) is 28.2. The zero-order valence-corrected chi connectivity index (χ0v) is 21.0. The van der Waals surface area contributed by atoms with E-state index >= 15 is 0 Å². The molecule has 1 aromatic rings. The Hall–Kier alpha value is -4.20. The molecule has 4 amide bonds. The average Bonchev–Trinajstić information content (AvgIpc) is 3.35. The lowest BCUT2D eigenvalue weighted by atomic mass is 10.0. The molecule has 0 aromatic heterocycles. The lowest BCUT2D eigenvalue weighted by Crippen LogP contribution is -2.58. The number of aliphatic carboxylic acids is 1. The van der Waals surface area contributed by atoms with E-state index in [0.717, 1.165) is 10.5 Å². The molecule has 4 atom stereocenters. The van der Waals surface area contributed by atoms with Crippen LogP contribution in [-0.4, -0.2) is 82.8 Å². The van der Waals surface area contributed by atoms with Crippen molar-refractivity contribution in [3.63, 3.8) is 0 Å². The number of amides is 4. The van der Waals surface area contributed by atoms with E-state index in [1.54, 1.807) is 0 Å². The third-order valence-corrected chi connectivity index (χ3v) is 6.05. The molecule has 0 radical (unpaired) electrons. The van der Waals surface area contributed by atoms with Crippen LogP contribution in [0.4, 0.5) is 0 Å². The first-order chi connectivity index (χ1) is 18.0. The Balaban J connectivity index is 2.16. The van der Waals surface area contributed by atoms with E-state index in [4.69, 9.17) is 22.9 Å². The second kappa shape index (κ2) is 14.5. The monoisotopic (exact) mass is 532 g/mol. The van der Waals surface area contributed by atoms with Crippen LogP contribution in [0.1, 0.15) is 37.7 Å². The van der Waals surface area contributed by atoms with Crippen LogP contribution in [0, 0.1) is 0 Å². The molecule has 14 heteroatoms. The van der Waals surface area contributed by atoms with Gasteiger partial charge in [-0.25, -0.2) is 4.79 Å². The summed E-state index contributed by atoms with van der Waals surface area (Å²) in [4.78, 5) is 67.3. The van der Waals surface area contributed by atoms with Gasteiger partial charge in [-0.1, -0.05) is 30.3 Å². The fourth-order valence-corrected chi connectivity index (χ4v) is 4.17. The molecule has 2 rings (SSSR count). The summed E-state index contributed by atoms with van der Waals surface area (Å²) in [7, 11) is 0. The molecular formula is C24H36N8O6. The zero-order valence-electron chi connectivity index (χ0n) is 21.0. The Labute approximate surface area is 220 Å². The van der Waals surface area contributed by atoms with Crippen LogP contribution in [-0.2, 0) is 30.4 Å². The summed E-state index contributed by atoms with van der Waals surface area (Å²) in [5.74, 6) is -4.29. The molecule has 1 aromatic carbocycles. The first-order valence-corrected chi connectivity index (χ1v) is 12.3. The maximum atomic E-state index is 13.2. The number of benzene rings is 1. The Kier molecular flexibility index (Phi) is 11.5. The van der Waals surface area contributed by atoms with Crippen LogP contribution >= 0.6 is 0 Å². The highest BCUT2D eigenvalue weighted by Crippen LogP contribution is 2.19. The largest absolute Gasteiger partial charge is 0.480 e. The number of hydrogen-bond donors (Lipinski definition) is 7. The van der Waals surface area contributed by atoms with Crippen molar-refractivity contribution in [2.45, 2.75) is 62.7 Å². The molecule has 11 N–H and O–H groups in total. The van der Waals surface area contributed by atoms with Crippen LogP contribution in [0.3, 0.4) is 0 Å². The normalized spacial score (nSPS) is 17.1. The van der Waals surface area contributed by atoms with Crippen molar-refractivity contribution in [2.75, 3.05) is 13.1 Å². The fraction of sp³-hybridized carbons (Fsp3) is 0.500. The fourth-order valence-electron chi connectivity index (χ4n) is 4.17. The number of nitrogens with one attached hydrogen (secondary N) is 2. The summed E-state index contributed by atoms with van der Waals surface area (Å²) < 4.78 is 0. The number of nitrogens with zero attached hydrogens (tertiary/aromatic N) is 2. The van der Waals surface area contributed by atoms with Gasteiger partial charge in [-0.3, -0.25) is 24.2 Å². The number of rotatable bonds is 14. The molecular weight excluding hydrogens is 496 g/mol. The van der Waals surface area contributed by atoms with Gasteiger partial charge >= 0.3 is 5.97 Å². The van der Waals surface area contributed by atoms with E-state index in [-0.39, 0.29) is 38.3 Å². The highest BCUT2D eigenvalue weighted by molar-refractivity contribution is 5.96. The predicted octanol–water partition coefficient (Wildman–Crippen LogP) is -2.47. The number of carboxylic acid groups (broad SMARTS) is 1. The number of carboxylic acids is 1. The number of hydrogen-bond acceptors (Lipinski definition) is 7. The maximum Gasteiger partial charge on any atom is 0.326 e. The van der Waals surface area contributed by atoms with Crippen molar-refractivity contribution in [1.82, 2.24) is 15.5 Å². The number of guanidine groups is 1. The van der Waals surface area contributed by atoms with E-state index < -0.39 is 60.2 Å². The van der Waals surface area contributed by atoms with Crippen LogP contribution in [0.25, 0.3) is 0 Å². The Morgan fingerprint density at radius 3 is 2.29 bits per heavy atom. The van der Waals surface area contributed by atoms with Gasteiger partial charge in [-0.2, -0.15) is 0 Å². The van der Waals surface area contributed by atoms with Crippen molar-refractivity contribution in [3.05, 3.63) is 35.9 Å². The molecule has 0 spiro atoms. The van der Waals surface area contributed by atoms with Crippen LogP contribution in [0.2, 0.25) is 0 Å². The van der Waals surface area contributed by atoms with Gasteiger partial charge in [0, 0.05) is 13.1 Å². The van der Waals surface area contributed by atoms with Gasteiger partial charge in [0.15, 0.2) is 5.96 Å². The van der Waals surface area contributed by atoms with E-state index in [0.29, 0.717) is 12.8 Å². The van der Waals surface area contributed by atoms with Gasteiger partial charge in [0.1, 0.15) is 18.1 Å². The smallest absolute Gasteiger partial charge is 0.326 e. The molecule has 0 saturated carbocycles. The third kappa shape index (κ3) is 9.35. The summed E-state index contributed by atoms with van der Waals surface area (Å²) in [6.45, 7) is 0.337. The van der Waals surface area contributed by atoms with Crippen LogP contribution in [0.15, 0.2) is 35.3 Å². The lowest BCUT2D eigenvalue weighted by molar-refractivity contribution is -0.149. The number of likely N-dealkylation sites (tertiary alicyclic amines) is 1. The topological polar surface area (TPSA) is 249 Å². The molecule has 1 fully saturated rings. The van der Waals surface area contributed by atoms with Crippen molar-refractivity contribution in [2.24, 2.45) is 27.9 Å². The Bertz CT molecular complexity index is 1030. The molecule has 1 aliphatic heterocycles. The highest BCUT2D eigenvalue weighted by atomic mass is 16.4. The maximum absolute atomic E-state index is 13.2. The first-order valence-electron chi connectivity index (χ1n) is 12.3. The lowest BCUT2D eigenvalue weighted by Gasteiger charge is -2.28. The molecule has 0 aliphatic carbocycles. The van der Waals surface area contributed by atoms with E-state index in [1.807, 2.05) is 30.3 Å². The van der Waals surface area contributed by atoms with Crippen molar-refractivity contribution >= 4 is 35.6 Å². The summed E-state index contributed by atoms with van der Waals surface area (Å²) in [6.07, 6.45) is 0.778. The van der Waals surface area contributed by atoms with Crippen LogP contribution < -0.4 is 33.6 Å². The molecule has 4 unspecified atom stereocenters. The number of carbonyl (C=O) groups excluding carboxylic acids is 4. The summed E-state index contributed by atoms with van der Waals surface area (Å²) in [5, 5.41) is 14.5.